The first-order chi connectivity index (χ1) is 20.1. The third-order valence-corrected chi connectivity index (χ3v) is 7.62. The highest BCUT2D eigenvalue weighted by atomic mass is 16.5. The molecule has 5 aromatic rings. The number of nitrogens with zero attached hydrogens (tertiary/aromatic N) is 4. The summed E-state index contributed by atoms with van der Waals surface area (Å²) < 4.78 is 11.1. The maximum absolute atomic E-state index is 13.9. The molecule has 3 aromatic carbocycles. The summed E-state index contributed by atoms with van der Waals surface area (Å²) >= 11 is 0. The summed E-state index contributed by atoms with van der Waals surface area (Å²) in [6.07, 6.45) is 1.81. The van der Waals surface area contributed by atoms with Gasteiger partial charge in [-0.15, -0.1) is 0 Å². The molecule has 0 radical (unpaired) electrons. The second-order valence-electron chi connectivity index (χ2n) is 10.0. The molecule has 0 atom stereocenters. The number of ketones is 1. The minimum Gasteiger partial charge on any atom is -0.462 e. The molecule has 3 heterocycles. The van der Waals surface area contributed by atoms with E-state index in [0.717, 1.165) is 43.2 Å². The number of carbonyl (C=O) groups is 2. The van der Waals surface area contributed by atoms with Gasteiger partial charge in [0.15, 0.2) is 11.5 Å². The van der Waals surface area contributed by atoms with Crippen molar-refractivity contribution in [2.45, 2.75) is 6.92 Å². The molecular weight excluding hydrogens is 518 g/mol. The maximum Gasteiger partial charge on any atom is 0.338 e. The van der Waals surface area contributed by atoms with Crippen LogP contribution in [-0.4, -0.2) is 54.7 Å². The van der Waals surface area contributed by atoms with Crippen molar-refractivity contribution in [3.63, 3.8) is 0 Å². The van der Waals surface area contributed by atoms with Crippen LogP contribution in [0.15, 0.2) is 83.5 Å². The number of ether oxygens (including phenoxy) is 1. The van der Waals surface area contributed by atoms with Gasteiger partial charge in [0.25, 0.3) is 0 Å². The largest absolute Gasteiger partial charge is 0.462 e. The molecule has 1 aliphatic heterocycles. The van der Waals surface area contributed by atoms with Crippen LogP contribution in [0.2, 0.25) is 0 Å². The molecule has 1 fully saturated rings. The first kappa shape index (κ1) is 24.8. The first-order valence-corrected chi connectivity index (χ1v) is 13.7. The quantitative estimate of drug-likeness (QED) is 0.265. The van der Waals surface area contributed by atoms with Crippen LogP contribution in [0.25, 0.3) is 22.2 Å². The van der Waals surface area contributed by atoms with Gasteiger partial charge in [-0.25, -0.2) is 9.78 Å². The van der Waals surface area contributed by atoms with Crippen molar-refractivity contribution in [2.75, 3.05) is 47.9 Å². The lowest BCUT2D eigenvalue weighted by Crippen LogP contribution is -2.47. The Morgan fingerprint density at radius 2 is 1.73 bits per heavy atom. The molecule has 7 rings (SSSR count). The number of carbonyl (C=O) groups excluding carboxylic acids is 2. The van der Waals surface area contributed by atoms with Gasteiger partial charge in [-0.3, -0.25) is 4.79 Å². The number of esters is 1. The van der Waals surface area contributed by atoms with Crippen molar-refractivity contribution in [1.82, 2.24) is 10.1 Å². The fraction of sp³-hybridized carbons (Fsp3) is 0.188. The van der Waals surface area contributed by atoms with Crippen LogP contribution >= 0.6 is 0 Å². The van der Waals surface area contributed by atoms with Crippen LogP contribution in [0.1, 0.15) is 33.2 Å². The summed E-state index contributed by atoms with van der Waals surface area (Å²) in [5.41, 5.74) is 5.09. The SMILES string of the molecule is CCOC(=O)c1cccc(Nc2cc(N3CCN(c4ccccn4)CC3)c3noc4c3c2C(=O)c2ccccc2-4)c1. The Morgan fingerprint density at radius 1 is 0.951 bits per heavy atom. The molecule has 0 amide bonds. The zero-order valence-electron chi connectivity index (χ0n) is 22.5. The number of hydrogen-bond acceptors (Lipinski definition) is 9. The molecule has 0 bridgehead atoms. The van der Waals surface area contributed by atoms with Gasteiger partial charge < -0.3 is 24.4 Å². The highest BCUT2D eigenvalue weighted by molar-refractivity contribution is 6.28. The Labute approximate surface area is 236 Å². The van der Waals surface area contributed by atoms with E-state index in [0.29, 0.717) is 51.3 Å². The van der Waals surface area contributed by atoms with E-state index in [1.165, 1.54) is 0 Å². The second kappa shape index (κ2) is 10.1. The standard InChI is InChI=1S/C32H27N5O4/c1-2-40-32(39)20-8-7-9-21(18-20)34-24-19-25(36-14-16-37(17-15-36)26-12-5-6-13-33-26)29-28-27(24)30(38)22-10-3-4-11-23(22)31(28)41-35-29/h3-13,18-19,34H,2,14-17H2,1H3. The lowest BCUT2D eigenvalue weighted by Gasteiger charge is -2.37. The maximum atomic E-state index is 13.9. The summed E-state index contributed by atoms with van der Waals surface area (Å²) in [5, 5.41) is 8.63. The van der Waals surface area contributed by atoms with Crippen LogP contribution in [-0.2, 0) is 4.74 Å². The van der Waals surface area contributed by atoms with Gasteiger partial charge in [-0.05, 0) is 43.3 Å². The van der Waals surface area contributed by atoms with Crippen LogP contribution in [0.4, 0.5) is 22.9 Å². The van der Waals surface area contributed by atoms with Crippen LogP contribution in [0.5, 0.6) is 0 Å². The van der Waals surface area contributed by atoms with Gasteiger partial charge in [-0.1, -0.05) is 41.6 Å². The van der Waals surface area contributed by atoms with E-state index >= 15 is 0 Å². The molecule has 2 aromatic heterocycles. The number of rotatable bonds is 6. The third-order valence-electron chi connectivity index (χ3n) is 7.62. The number of benzene rings is 3. The average molecular weight is 546 g/mol. The average Bonchev–Trinajstić information content (AvgIpc) is 3.46. The first-order valence-electron chi connectivity index (χ1n) is 13.7. The summed E-state index contributed by atoms with van der Waals surface area (Å²) in [7, 11) is 0. The number of hydrogen-bond donors (Lipinski definition) is 1. The van der Waals surface area contributed by atoms with Gasteiger partial charge in [0.2, 0.25) is 0 Å². The Kier molecular flexibility index (Phi) is 6.11. The highest BCUT2D eigenvalue weighted by Crippen LogP contribution is 2.46. The smallest absolute Gasteiger partial charge is 0.338 e. The van der Waals surface area contributed by atoms with Crippen LogP contribution < -0.4 is 15.1 Å². The predicted octanol–water partition coefficient (Wildman–Crippen LogP) is 5.68. The van der Waals surface area contributed by atoms with Gasteiger partial charge >= 0.3 is 5.97 Å². The Bertz CT molecular complexity index is 1790. The third kappa shape index (κ3) is 4.26. The number of nitrogens with one attached hydrogen (secondary N) is 1. The fourth-order valence-corrected chi connectivity index (χ4v) is 5.69. The van der Waals surface area contributed by atoms with Crippen molar-refractivity contribution in [3.8, 4) is 11.3 Å². The van der Waals surface area contributed by atoms with E-state index in [-0.39, 0.29) is 5.78 Å². The minimum absolute atomic E-state index is 0.100. The number of anilines is 4. The fourth-order valence-electron chi connectivity index (χ4n) is 5.69. The van der Waals surface area contributed by atoms with E-state index in [4.69, 9.17) is 9.26 Å². The molecule has 204 valence electrons. The monoisotopic (exact) mass is 545 g/mol. The molecule has 1 aliphatic carbocycles. The van der Waals surface area contributed by atoms with E-state index in [1.54, 1.807) is 25.1 Å². The van der Waals surface area contributed by atoms with Crippen molar-refractivity contribution in [3.05, 3.63) is 95.7 Å². The summed E-state index contributed by atoms with van der Waals surface area (Å²) in [6, 6.07) is 22.5. The summed E-state index contributed by atoms with van der Waals surface area (Å²) in [5.74, 6) is 1.04. The normalized spacial score (nSPS) is 14.2. The van der Waals surface area contributed by atoms with Crippen molar-refractivity contribution in [1.29, 1.82) is 0 Å². The topological polar surface area (TPSA) is 101 Å². The molecule has 0 saturated carbocycles. The number of piperazine rings is 1. The van der Waals surface area contributed by atoms with E-state index in [9.17, 15) is 9.59 Å². The van der Waals surface area contributed by atoms with E-state index in [2.05, 4.69) is 25.3 Å². The van der Waals surface area contributed by atoms with Crippen LogP contribution in [0.3, 0.4) is 0 Å². The minimum atomic E-state index is -0.397. The Morgan fingerprint density at radius 3 is 2.51 bits per heavy atom. The number of fused-ring (bicyclic) bond motifs is 2. The zero-order valence-corrected chi connectivity index (χ0v) is 22.5. The predicted molar refractivity (Wildman–Crippen MR) is 157 cm³/mol. The van der Waals surface area contributed by atoms with Crippen LogP contribution in [0, 0.1) is 0 Å². The Hall–Kier alpha value is -5.18. The molecule has 9 heteroatoms. The van der Waals surface area contributed by atoms with Crippen molar-refractivity contribution >= 4 is 45.5 Å². The van der Waals surface area contributed by atoms with Gasteiger partial charge in [-0.2, -0.15) is 0 Å². The lowest BCUT2D eigenvalue weighted by atomic mass is 9.86. The van der Waals surface area contributed by atoms with Crippen molar-refractivity contribution < 1.29 is 18.8 Å². The molecule has 0 spiro atoms. The highest BCUT2D eigenvalue weighted by Gasteiger charge is 2.34. The molecule has 2 aliphatic rings. The Balaban J connectivity index is 1.32. The summed E-state index contributed by atoms with van der Waals surface area (Å²) in [4.78, 5) is 35.4. The van der Waals surface area contributed by atoms with Crippen molar-refractivity contribution in [2.24, 2.45) is 0 Å². The van der Waals surface area contributed by atoms with Gasteiger partial charge in [0.05, 0.1) is 34.5 Å². The molecule has 9 nitrogen and oxygen atoms in total. The molecule has 41 heavy (non-hydrogen) atoms. The van der Waals surface area contributed by atoms with Gasteiger partial charge in [0.1, 0.15) is 11.3 Å². The molecule has 0 unspecified atom stereocenters. The molecular formula is C32H27N5O4. The lowest BCUT2D eigenvalue weighted by molar-refractivity contribution is 0.0526. The second-order valence-corrected chi connectivity index (χ2v) is 10.0. The number of aromatic nitrogens is 2. The zero-order chi connectivity index (χ0) is 27.9. The van der Waals surface area contributed by atoms with E-state index in [1.807, 2.05) is 60.8 Å². The number of pyridine rings is 1. The molecule has 1 saturated heterocycles. The van der Waals surface area contributed by atoms with E-state index < -0.39 is 5.97 Å². The molecule has 1 N–H and O–H groups in total. The summed E-state index contributed by atoms with van der Waals surface area (Å²) in [6.45, 7) is 5.13. The van der Waals surface area contributed by atoms with Gasteiger partial charge in [0, 0.05) is 49.2 Å².